The van der Waals surface area contributed by atoms with Crippen LogP contribution in [0.3, 0.4) is 0 Å². The van der Waals surface area contributed by atoms with Gasteiger partial charge in [0.05, 0.1) is 11.7 Å². The summed E-state index contributed by atoms with van der Waals surface area (Å²) in [5, 5.41) is 22.3. The first-order valence-corrected chi connectivity index (χ1v) is 13.3. The second kappa shape index (κ2) is 12.3. The molecule has 0 radical (unpaired) electrons. The minimum atomic E-state index is -1.17. The number of likely N-dealkylation sites (tertiary alicyclic amines) is 1. The zero-order valence-electron chi connectivity index (χ0n) is 21.5. The largest absolute Gasteiger partial charge is 0.457 e. The number of piperidine rings is 1. The van der Waals surface area contributed by atoms with Gasteiger partial charge >= 0.3 is 0 Å². The summed E-state index contributed by atoms with van der Waals surface area (Å²) in [6, 6.07) is 12.9. The Bertz CT molecular complexity index is 1030. The van der Waals surface area contributed by atoms with Crippen molar-refractivity contribution >= 4 is 5.91 Å². The van der Waals surface area contributed by atoms with Gasteiger partial charge in [-0.1, -0.05) is 12.1 Å². The van der Waals surface area contributed by atoms with Crippen LogP contribution in [-0.4, -0.2) is 60.0 Å². The Morgan fingerprint density at radius 1 is 1.16 bits per heavy atom. The molecule has 37 heavy (non-hydrogen) atoms. The summed E-state index contributed by atoms with van der Waals surface area (Å²) in [5.74, 6) is 0.314. The normalized spacial score (nSPS) is 25.6. The van der Waals surface area contributed by atoms with Gasteiger partial charge in [0.15, 0.2) is 0 Å². The molecule has 1 aliphatic carbocycles. The Morgan fingerprint density at radius 2 is 1.95 bits per heavy atom. The Hall–Kier alpha value is -2.52. The van der Waals surface area contributed by atoms with Gasteiger partial charge < -0.3 is 30.3 Å². The van der Waals surface area contributed by atoms with Crippen LogP contribution in [0.2, 0.25) is 0 Å². The molecule has 0 aromatic heterocycles. The third-order valence-electron chi connectivity index (χ3n) is 7.87. The topological polar surface area (TPSA) is 105 Å². The lowest BCUT2D eigenvalue weighted by Gasteiger charge is -2.43. The Balaban J connectivity index is 1.54. The smallest absolute Gasteiger partial charge is 0.225 e. The van der Waals surface area contributed by atoms with Gasteiger partial charge in [-0.05, 0) is 86.9 Å². The summed E-state index contributed by atoms with van der Waals surface area (Å²) in [6.45, 7) is 1.71. The second-order valence-electron chi connectivity index (χ2n) is 10.5. The van der Waals surface area contributed by atoms with Crippen molar-refractivity contribution < 1.29 is 28.9 Å². The molecular weight excluding hydrogens is 475 g/mol. The number of amides is 1. The minimum absolute atomic E-state index is 0.0202. The SMILES string of the molecule is COCCCC[C@@](O)(c1cccc(Oc2ccc(F)cc2)c1)C1CCCN(C(=O)[C@H]2C[C@@H](N)[C@@H](O)C2)C1. The van der Waals surface area contributed by atoms with Crippen molar-refractivity contribution in [2.45, 2.75) is 62.7 Å². The van der Waals surface area contributed by atoms with Gasteiger partial charge in [0.1, 0.15) is 17.3 Å². The molecule has 0 bridgehead atoms. The molecule has 0 spiro atoms. The van der Waals surface area contributed by atoms with Crippen LogP contribution < -0.4 is 10.5 Å². The quantitative estimate of drug-likeness (QED) is 0.415. The van der Waals surface area contributed by atoms with Gasteiger partial charge in [-0.25, -0.2) is 4.39 Å². The van der Waals surface area contributed by atoms with E-state index in [1.165, 1.54) is 12.1 Å². The van der Waals surface area contributed by atoms with Crippen LogP contribution in [0.15, 0.2) is 48.5 Å². The van der Waals surface area contributed by atoms with E-state index >= 15 is 0 Å². The maximum absolute atomic E-state index is 13.3. The van der Waals surface area contributed by atoms with Crippen LogP contribution in [0.4, 0.5) is 4.39 Å². The fourth-order valence-corrected chi connectivity index (χ4v) is 5.77. The van der Waals surface area contributed by atoms with Crippen LogP contribution in [0.25, 0.3) is 0 Å². The summed E-state index contributed by atoms with van der Waals surface area (Å²) in [7, 11) is 1.67. The summed E-state index contributed by atoms with van der Waals surface area (Å²) >= 11 is 0. The number of rotatable bonds is 10. The molecule has 1 amide bonds. The van der Waals surface area contributed by atoms with Crippen LogP contribution in [0, 0.1) is 17.7 Å². The second-order valence-corrected chi connectivity index (χ2v) is 10.5. The van der Waals surface area contributed by atoms with Gasteiger partial charge in [-0.2, -0.15) is 0 Å². The standard InChI is InChI=1S/C29H39FN2O5/c1-36-15-3-2-13-29(35,21-6-4-8-25(18-21)37-24-11-9-23(30)10-12-24)22-7-5-14-32(19-22)28(34)20-16-26(31)27(33)17-20/h4,6,8-12,18,20,22,26-27,33,35H,2-3,5,7,13-17,19,31H2,1H3/t20-,22?,26+,27-,29+/m0/s1. The number of nitrogens with zero attached hydrogens (tertiary/aromatic N) is 1. The third-order valence-corrected chi connectivity index (χ3v) is 7.87. The molecule has 2 aromatic carbocycles. The van der Waals surface area contributed by atoms with E-state index < -0.39 is 11.7 Å². The Kier molecular flexibility index (Phi) is 9.18. The number of hydrogen-bond acceptors (Lipinski definition) is 6. The van der Waals surface area contributed by atoms with Crippen molar-refractivity contribution in [3.63, 3.8) is 0 Å². The van der Waals surface area contributed by atoms with E-state index in [0.717, 1.165) is 31.2 Å². The number of carbonyl (C=O) groups excluding carboxylic acids is 1. The first-order valence-electron chi connectivity index (χ1n) is 13.3. The molecule has 2 fully saturated rings. The van der Waals surface area contributed by atoms with Crippen molar-refractivity contribution in [2.24, 2.45) is 17.6 Å². The van der Waals surface area contributed by atoms with E-state index in [-0.39, 0.29) is 29.6 Å². The predicted octanol–water partition coefficient (Wildman–Crippen LogP) is 3.96. The van der Waals surface area contributed by atoms with Gasteiger partial charge in [0, 0.05) is 44.7 Å². The Morgan fingerprint density at radius 3 is 2.65 bits per heavy atom. The van der Waals surface area contributed by atoms with Gasteiger partial charge in [-0.15, -0.1) is 0 Å². The van der Waals surface area contributed by atoms with E-state index in [0.29, 0.717) is 50.5 Å². The number of unbranched alkanes of at least 4 members (excludes halogenated alkanes) is 1. The molecule has 202 valence electrons. The average molecular weight is 515 g/mol. The summed E-state index contributed by atoms with van der Waals surface area (Å²) < 4.78 is 24.5. The van der Waals surface area contributed by atoms with Crippen LogP contribution in [0.5, 0.6) is 11.5 Å². The lowest BCUT2D eigenvalue weighted by molar-refractivity contribution is -0.141. The van der Waals surface area contributed by atoms with Crippen molar-refractivity contribution in [1.29, 1.82) is 0 Å². The molecular formula is C29H39FN2O5. The highest BCUT2D eigenvalue weighted by Crippen LogP contribution is 2.42. The molecule has 2 aliphatic rings. The third kappa shape index (κ3) is 6.68. The maximum Gasteiger partial charge on any atom is 0.225 e. The van der Waals surface area contributed by atoms with Crippen LogP contribution in [0.1, 0.15) is 50.5 Å². The lowest BCUT2D eigenvalue weighted by atomic mass is 9.74. The van der Waals surface area contributed by atoms with E-state index in [1.807, 2.05) is 29.2 Å². The van der Waals surface area contributed by atoms with E-state index in [9.17, 15) is 19.4 Å². The fraction of sp³-hybridized carbons (Fsp3) is 0.552. The molecule has 5 atom stereocenters. The number of aliphatic hydroxyl groups excluding tert-OH is 1. The number of aliphatic hydroxyl groups is 2. The highest BCUT2D eigenvalue weighted by molar-refractivity contribution is 5.79. The monoisotopic (exact) mass is 514 g/mol. The molecule has 1 heterocycles. The average Bonchev–Trinajstić information content (AvgIpc) is 3.25. The van der Waals surface area contributed by atoms with Crippen molar-refractivity contribution in [1.82, 2.24) is 4.90 Å². The van der Waals surface area contributed by atoms with Crippen molar-refractivity contribution in [3.05, 3.63) is 59.9 Å². The predicted molar refractivity (Wildman–Crippen MR) is 139 cm³/mol. The molecule has 4 N–H and O–H groups in total. The number of hydrogen-bond donors (Lipinski definition) is 3. The maximum atomic E-state index is 13.3. The number of benzene rings is 2. The van der Waals surface area contributed by atoms with E-state index in [2.05, 4.69) is 0 Å². The summed E-state index contributed by atoms with van der Waals surface area (Å²) in [5.41, 5.74) is 5.54. The molecule has 1 saturated heterocycles. The zero-order chi connectivity index (χ0) is 26.4. The van der Waals surface area contributed by atoms with Gasteiger partial charge in [0.2, 0.25) is 5.91 Å². The molecule has 1 unspecified atom stereocenters. The molecule has 7 nitrogen and oxygen atoms in total. The number of nitrogens with two attached hydrogens (primary N) is 1. The Labute approximate surface area is 218 Å². The molecule has 8 heteroatoms. The number of ether oxygens (including phenoxy) is 2. The zero-order valence-corrected chi connectivity index (χ0v) is 21.5. The van der Waals surface area contributed by atoms with E-state index in [4.69, 9.17) is 15.2 Å². The van der Waals surface area contributed by atoms with Gasteiger partial charge in [-0.3, -0.25) is 4.79 Å². The summed E-state index contributed by atoms with van der Waals surface area (Å²) in [4.78, 5) is 15.1. The highest BCUT2D eigenvalue weighted by Gasteiger charge is 2.43. The van der Waals surface area contributed by atoms with Crippen LogP contribution in [-0.2, 0) is 15.1 Å². The first kappa shape index (κ1) is 27.5. The number of halogens is 1. The van der Waals surface area contributed by atoms with Crippen LogP contribution >= 0.6 is 0 Å². The molecule has 2 aromatic rings. The number of methoxy groups -OCH3 is 1. The molecule has 1 aliphatic heterocycles. The molecule has 4 rings (SSSR count). The lowest BCUT2D eigenvalue weighted by Crippen LogP contribution is -2.49. The molecule has 1 saturated carbocycles. The van der Waals surface area contributed by atoms with E-state index in [1.54, 1.807) is 19.2 Å². The minimum Gasteiger partial charge on any atom is -0.457 e. The van der Waals surface area contributed by atoms with Crippen molar-refractivity contribution in [2.75, 3.05) is 26.8 Å². The number of carbonyl (C=O) groups is 1. The fourth-order valence-electron chi connectivity index (χ4n) is 5.77. The highest BCUT2D eigenvalue weighted by atomic mass is 19.1. The van der Waals surface area contributed by atoms with Crippen molar-refractivity contribution in [3.8, 4) is 11.5 Å². The van der Waals surface area contributed by atoms with Gasteiger partial charge in [0.25, 0.3) is 0 Å². The summed E-state index contributed by atoms with van der Waals surface area (Å²) in [6.07, 6.45) is 3.94. The first-order chi connectivity index (χ1) is 17.8.